The maximum atomic E-state index is 5.97. The minimum atomic E-state index is 0.669. The number of allylic oxidation sites excluding steroid dienone is 1. The van der Waals surface area contributed by atoms with Gasteiger partial charge in [-0.3, -0.25) is 0 Å². The van der Waals surface area contributed by atoms with Crippen molar-refractivity contribution in [3.05, 3.63) is 46.2 Å². The van der Waals surface area contributed by atoms with Gasteiger partial charge in [-0.05, 0) is 18.1 Å². The summed E-state index contributed by atoms with van der Waals surface area (Å²) < 4.78 is 0. The van der Waals surface area contributed by atoms with E-state index >= 15 is 0 Å². The quantitative estimate of drug-likeness (QED) is 0.809. The Morgan fingerprint density at radius 1 is 1.24 bits per heavy atom. The number of hydrogen-bond acceptors (Lipinski definition) is 3. The van der Waals surface area contributed by atoms with Gasteiger partial charge in [-0.1, -0.05) is 31.5 Å². The molecule has 0 radical (unpaired) electrons. The number of fused-ring (bicyclic) bond motifs is 2. The Balaban J connectivity index is 2.17. The first-order valence-electron chi connectivity index (χ1n) is 6.03. The molecule has 3 nitrogen and oxygen atoms in total. The lowest BCUT2D eigenvalue weighted by Crippen LogP contribution is -2.23. The molecule has 0 aromatic heterocycles. The standard InChI is InChI=1S/C14H15N3/c1-2-5-9-8-11-10-6-3-4-7-12(10)16-14(11)17-13(9)15/h3-4,6-7H,2,5,8,15H2,1H3. The number of aliphatic imine (C=N–C) groups is 1. The average molecular weight is 225 g/mol. The van der Waals surface area contributed by atoms with Crippen molar-refractivity contribution >= 4 is 11.4 Å². The van der Waals surface area contributed by atoms with Gasteiger partial charge in [-0.2, -0.15) is 0 Å². The van der Waals surface area contributed by atoms with Crippen LogP contribution in [0.5, 0.6) is 0 Å². The molecule has 0 aliphatic carbocycles. The van der Waals surface area contributed by atoms with Crippen LogP contribution in [-0.2, 0) is 0 Å². The molecule has 0 unspecified atom stereocenters. The van der Waals surface area contributed by atoms with Crippen LogP contribution in [-0.4, -0.2) is 5.84 Å². The number of benzene rings is 1. The molecule has 2 aliphatic rings. The van der Waals surface area contributed by atoms with E-state index in [1.807, 2.05) is 18.2 Å². The van der Waals surface area contributed by atoms with Gasteiger partial charge in [0.25, 0.3) is 0 Å². The van der Waals surface area contributed by atoms with Gasteiger partial charge in [-0.25, -0.2) is 9.98 Å². The van der Waals surface area contributed by atoms with Crippen LogP contribution in [0.1, 0.15) is 26.2 Å². The van der Waals surface area contributed by atoms with Crippen LogP contribution in [0, 0.1) is 0 Å². The summed E-state index contributed by atoms with van der Waals surface area (Å²) in [7, 11) is 0. The molecule has 3 rings (SSSR count). The first kappa shape index (κ1) is 10.3. The van der Waals surface area contributed by atoms with Crippen molar-refractivity contribution in [3.63, 3.8) is 0 Å². The van der Waals surface area contributed by atoms with Gasteiger partial charge in [-0.15, -0.1) is 0 Å². The highest BCUT2D eigenvalue weighted by molar-refractivity contribution is 6.20. The largest absolute Gasteiger partial charge is 0.384 e. The van der Waals surface area contributed by atoms with Crippen molar-refractivity contribution < 1.29 is 0 Å². The molecular weight excluding hydrogens is 210 g/mol. The van der Waals surface area contributed by atoms with Gasteiger partial charge in [0.05, 0.1) is 5.36 Å². The molecule has 2 N–H and O–H groups in total. The van der Waals surface area contributed by atoms with E-state index in [1.165, 1.54) is 16.4 Å². The number of rotatable bonds is 2. The van der Waals surface area contributed by atoms with E-state index in [0.29, 0.717) is 5.82 Å². The van der Waals surface area contributed by atoms with E-state index in [2.05, 4.69) is 23.0 Å². The van der Waals surface area contributed by atoms with Gasteiger partial charge in [0.15, 0.2) is 5.84 Å². The fraction of sp³-hybridized carbons (Fsp3) is 0.286. The first-order chi connectivity index (χ1) is 8.29. The maximum absolute atomic E-state index is 5.97. The zero-order valence-corrected chi connectivity index (χ0v) is 9.90. The second-order valence-electron chi connectivity index (χ2n) is 4.46. The summed E-state index contributed by atoms with van der Waals surface area (Å²) >= 11 is 0. The predicted octanol–water partition coefficient (Wildman–Crippen LogP) is 1.24. The Hall–Kier alpha value is -1.90. The second-order valence-corrected chi connectivity index (χ2v) is 4.46. The SMILES string of the molecule is CCCC1=C(N)N=C2N=c3ccccc3=C2C1. The fourth-order valence-electron chi connectivity index (χ4n) is 2.41. The highest BCUT2D eigenvalue weighted by Gasteiger charge is 2.21. The van der Waals surface area contributed by atoms with Crippen LogP contribution in [0.2, 0.25) is 0 Å². The van der Waals surface area contributed by atoms with Crippen LogP contribution in [0.4, 0.5) is 0 Å². The molecule has 0 spiro atoms. The Labute approximate surface area is 100 Å². The number of hydrogen-bond donors (Lipinski definition) is 1. The van der Waals surface area contributed by atoms with Crippen LogP contribution in [0.3, 0.4) is 0 Å². The molecule has 86 valence electrons. The van der Waals surface area contributed by atoms with E-state index in [9.17, 15) is 0 Å². The minimum absolute atomic E-state index is 0.669. The van der Waals surface area contributed by atoms with Gasteiger partial charge >= 0.3 is 0 Å². The van der Waals surface area contributed by atoms with Gasteiger partial charge in [0.2, 0.25) is 0 Å². The van der Waals surface area contributed by atoms with Crippen LogP contribution < -0.4 is 16.3 Å². The summed E-state index contributed by atoms with van der Waals surface area (Å²) in [6.45, 7) is 2.16. The van der Waals surface area contributed by atoms with Crippen molar-refractivity contribution in [2.24, 2.45) is 15.7 Å². The third kappa shape index (κ3) is 1.58. The highest BCUT2D eigenvalue weighted by Crippen LogP contribution is 2.26. The van der Waals surface area contributed by atoms with E-state index in [1.54, 1.807) is 0 Å². The molecule has 0 amide bonds. The normalized spacial score (nSPS) is 17.5. The molecule has 0 saturated heterocycles. The lowest BCUT2D eigenvalue weighted by Gasteiger charge is -2.15. The van der Waals surface area contributed by atoms with E-state index in [0.717, 1.165) is 30.5 Å². The van der Waals surface area contributed by atoms with E-state index in [-0.39, 0.29) is 0 Å². The zero-order valence-electron chi connectivity index (χ0n) is 9.90. The van der Waals surface area contributed by atoms with E-state index < -0.39 is 0 Å². The summed E-state index contributed by atoms with van der Waals surface area (Å²) in [4.78, 5) is 8.95. The maximum Gasteiger partial charge on any atom is 0.159 e. The van der Waals surface area contributed by atoms with Crippen molar-refractivity contribution in [3.8, 4) is 0 Å². The molecule has 17 heavy (non-hydrogen) atoms. The molecule has 2 aliphatic heterocycles. The highest BCUT2D eigenvalue weighted by atomic mass is 15.0. The van der Waals surface area contributed by atoms with Crippen molar-refractivity contribution in [2.45, 2.75) is 26.2 Å². The van der Waals surface area contributed by atoms with Gasteiger partial charge < -0.3 is 5.73 Å². The Kier molecular flexibility index (Phi) is 2.32. The third-order valence-electron chi connectivity index (χ3n) is 3.26. The zero-order chi connectivity index (χ0) is 11.8. The molecule has 0 fully saturated rings. The topological polar surface area (TPSA) is 50.7 Å². The summed E-state index contributed by atoms with van der Waals surface area (Å²) in [6.07, 6.45) is 3.03. The van der Waals surface area contributed by atoms with Crippen molar-refractivity contribution in [1.82, 2.24) is 0 Å². The number of amidine groups is 1. The second kappa shape index (κ2) is 3.84. The lowest BCUT2D eigenvalue weighted by atomic mass is 9.97. The molecule has 0 atom stereocenters. The average Bonchev–Trinajstić information content (AvgIpc) is 2.67. The number of nitrogens with two attached hydrogens (primary N) is 1. The molecule has 3 heteroatoms. The molecule has 1 aromatic carbocycles. The molecular formula is C14H15N3. The van der Waals surface area contributed by atoms with Gasteiger partial charge in [0, 0.05) is 17.2 Å². The smallest absolute Gasteiger partial charge is 0.159 e. The summed E-state index contributed by atoms with van der Waals surface area (Å²) in [6, 6.07) is 8.19. The Bertz CT molecular complexity index is 650. The predicted molar refractivity (Wildman–Crippen MR) is 68.8 cm³/mol. The Morgan fingerprint density at radius 3 is 2.88 bits per heavy atom. The summed E-state index contributed by atoms with van der Waals surface area (Å²) in [5.41, 5.74) is 8.46. The van der Waals surface area contributed by atoms with Crippen LogP contribution in [0.15, 0.2) is 45.6 Å². The minimum Gasteiger partial charge on any atom is -0.384 e. The Morgan fingerprint density at radius 2 is 2.06 bits per heavy atom. The van der Waals surface area contributed by atoms with Crippen molar-refractivity contribution in [1.29, 1.82) is 0 Å². The van der Waals surface area contributed by atoms with E-state index in [4.69, 9.17) is 5.73 Å². The summed E-state index contributed by atoms with van der Waals surface area (Å²) in [5, 5.41) is 2.24. The molecule has 2 heterocycles. The third-order valence-corrected chi connectivity index (χ3v) is 3.26. The first-order valence-corrected chi connectivity index (χ1v) is 6.03. The summed E-state index contributed by atoms with van der Waals surface area (Å²) in [5.74, 6) is 1.48. The number of para-hydroxylation sites is 1. The van der Waals surface area contributed by atoms with Gasteiger partial charge in [0.1, 0.15) is 5.82 Å². The van der Waals surface area contributed by atoms with Crippen LogP contribution in [0.25, 0.3) is 5.57 Å². The fourth-order valence-corrected chi connectivity index (χ4v) is 2.41. The monoisotopic (exact) mass is 225 g/mol. The number of nitrogens with zero attached hydrogens (tertiary/aromatic N) is 2. The van der Waals surface area contributed by atoms with Crippen LogP contribution >= 0.6 is 0 Å². The molecule has 0 bridgehead atoms. The molecule has 0 saturated carbocycles. The van der Waals surface area contributed by atoms with Crippen molar-refractivity contribution in [2.75, 3.05) is 0 Å². The lowest BCUT2D eigenvalue weighted by molar-refractivity contribution is 0.854. The molecule has 1 aromatic rings.